The van der Waals surface area contributed by atoms with Gasteiger partial charge in [0.05, 0.1) is 6.54 Å². The fraction of sp³-hybridized carbons (Fsp3) is 0.154. The molecule has 0 N–H and O–H groups in total. The second kappa shape index (κ2) is 5.02. The van der Waals surface area contributed by atoms with E-state index in [0.29, 0.717) is 5.57 Å². The third-order valence-corrected chi connectivity index (χ3v) is 1.93. The lowest BCUT2D eigenvalue weighted by Gasteiger charge is -2.20. The number of carbonyl (C=O) groups is 1. The largest absolute Gasteiger partial charge is 0.297 e. The molecule has 2 heteroatoms. The van der Waals surface area contributed by atoms with Crippen molar-refractivity contribution in [3.8, 4) is 12.3 Å². The van der Waals surface area contributed by atoms with E-state index in [0.717, 1.165) is 5.69 Å². The van der Waals surface area contributed by atoms with Crippen LogP contribution in [0.1, 0.15) is 6.92 Å². The van der Waals surface area contributed by atoms with E-state index in [1.54, 1.807) is 6.92 Å². The number of benzene rings is 1. The summed E-state index contributed by atoms with van der Waals surface area (Å²) < 4.78 is 0. The van der Waals surface area contributed by atoms with Gasteiger partial charge in [0.1, 0.15) is 0 Å². The molecule has 1 aromatic carbocycles. The number of amides is 1. The van der Waals surface area contributed by atoms with Gasteiger partial charge in [0.25, 0.3) is 5.91 Å². The van der Waals surface area contributed by atoms with E-state index < -0.39 is 0 Å². The summed E-state index contributed by atoms with van der Waals surface area (Å²) in [5.74, 6) is 2.33. The summed E-state index contributed by atoms with van der Waals surface area (Å²) in [6.07, 6.45) is 5.23. The molecule has 1 rings (SSSR count). The van der Waals surface area contributed by atoms with Crippen molar-refractivity contribution in [3.63, 3.8) is 0 Å². The van der Waals surface area contributed by atoms with Gasteiger partial charge in [-0.15, -0.1) is 6.42 Å². The smallest absolute Gasteiger partial charge is 0.254 e. The highest BCUT2D eigenvalue weighted by atomic mass is 16.2. The van der Waals surface area contributed by atoms with Crippen LogP contribution in [-0.2, 0) is 4.79 Å². The normalized spacial score (nSPS) is 9.07. The molecule has 0 saturated heterocycles. The number of terminal acetylenes is 1. The maximum Gasteiger partial charge on any atom is 0.254 e. The summed E-state index contributed by atoms with van der Waals surface area (Å²) in [6, 6.07) is 9.31. The van der Waals surface area contributed by atoms with E-state index >= 15 is 0 Å². The minimum Gasteiger partial charge on any atom is -0.297 e. The molecule has 0 atom stereocenters. The number of hydrogen-bond acceptors (Lipinski definition) is 1. The van der Waals surface area contributed by atoms with Gasteiger partial charge in [-0.05, 0) is 19.1 Å². The maximum absolute atomic E-state index is 11.8. The topological polar surface area (TPSA) is 20.3 Å². The Morgan fingerprint density at radius 3 is 2.53 bits per heavy atom. The van der Waals surface area contributed by atoms with Crippen LogP contribution >= 0.6 is 0 Å². The quantitative estimate of drug-likeness (QED) is 0.540. The van der Waals surface area contributed by atoms with Crippen LogP contribution in [0.2, 0.25) is 0 Å². The van der Waals surface area contributed by atoms with Crippen molar-refractivity contribution in [2.75, 3.05) is 11.4 Å². The standard InChI is InChI=1S/C13H13NO/c1-4-10-14(13(15)11(2)3)12-8-6-5-7-9-12/h1,5-9H,2,10H2,3H3. The molecule has 76 valence electrons. The number of hydrogen-bond donors (Lipinski definition) is 0. The molecule has 0 fully saturated rings. The van der Waals surface area contributed by atoms with Crippen molar-refractivity contribution in [1.82, 2.24) is 0 Å². The number of nitrogens with zero attached hydrogens (tertiary/aromatic N) is 1. The third-order valence-electron chi connectivity index (χ3n) is 1.93. The van der Waals surface area contributed by atoms with Crippen molar-refractivity contribution in [2.24, 2.45) is 0 Å². The van der Waals surface area contributed by atoms with Crippen LogP contribution < -0.4 is 4.90 Å². The van der Waals surface area contributed by atoms with E-state index in [2.05, 4.69) is 12.5 Å². The Kier molecular flexibility index (Phi) is 3.70. The molecule has 15 heavy (non-hydrogen) atoms. The fourth-order valence-corrected chi connectivity index (χ4v) is 1.21. The highest BCUT2D eigenvalue weighted by Gasteiger charge is 2.14. The number of anilines is 1. The first kappa shape index (κ1) is 11.1. The van der Waals surface area contributed by atoms with Crippen LogP contribution in [0.15, 0.2) is 42.5 Å². The Morgan fingerprint density at radius 2 is 2.07 bits per heavy atom. The van der Waals surface area contributed by atoms with Gasteiger partial charge in [0.15, 0.2) is 0 Å². The summed E-state index contributed by atoms with van der Waals surface area (Å²) in [7, 11) is 0. The third kappa shape index (κ3) is 2.72. The van der Waals surface area contributed by atoms with Gasteiger partial charge in [-0.25, -0.2) is 0 Å². The summed E-state index contributed by atoms with van der Waals surface area (Å²) in [5.41, 5.74) is 1.28. The molecular formula is C13H13NO. The van der Waals surface area contributed by atoms with Crippen LogP contribution in [0.25, 0.3) is 0 Å². The highest BCUT2D eigenvalue weighted by molar-refractivity contribution is 6.05. The Balaban J connectivity index is 2.99. The first-order valence-corrected chi connectivity index (χ1v) is 4.62. The van der Waals surface area contributed by atoms with Crippen LogP contribution in [-0.4, -0.2) is 12.5 Å². The Bertz CT molecular complexity index is 400. The Hall–Kier alpha value is -2.01. The van der Waals surface area contributed by atoms with Crippen LogP contribution in [0.3, 0.4) is 0 Å². The number of para-hydroxylation sites is 1. The molecule has 2 nitrogen and oxygen atoms in total. The average molecular weight is 199 g/mol. The molecule has 0 aliphatic rings. The number of rotatable bonds is 3. The van der Waals surface area contributed by atoms with E-state index in [9.17, 15) is 4.79 Å². The second-order valence-electron chi connectivity index (χ2n) is 3.21. The Morgan fingerprint density at radius 1 is 1.47 bits per heavy atom. The summed E-state index contributed by atoms with van der Waals surface area (Å²) in [4.78, 5) is 13.3. The minimum atomic E-state index is -0.140. The molecule has 0 aliphatic carbocycles. The molecule has 0 bridgehead atoms. The minimum absolute atomic E-state index is 0.140. The molecular weight excluding hydrogens is 186 g/mol. The molecule has 0 unspecified atom stereocenters. The van der Waals surface area contributed by atoms with Gasteiger partial charge < -0.3 is 0 Å². The van der Waals surface area contributed by atoms with Gasteiger partial charge in [-0.2, -0.15) is 0 Å². The van der Waals surface area contributed by atoms with Crippen molar-refractivity contribution in [2.45, 2.75) is 6.92 Å². The Labute approximate surface area is 90.2 Å². The van der Waals surface area contributed by atoms with Gasteiger partial charge in [0, 0.05) is 11.3 Å². The van der Waals surface area contributed by atoms with Gasteiger partial charge in [-0.1, -0.05) is 30.7 Å². The van der Waals surface area contributed by atoms with Crippen LogP contribution in [0.5, 0.6) is 0 Å². The van der Waals surface area contributed by atoms with E-state index in [-0.39, 0.29) is 12.5 Å². The van der Waals surface area contributed by atoms with E-state index in [4.69, 9.17) is 6.42 Å². The lowest BCUT2D eigenvalue weighted by atomic mass is 10.2. The summed E-state index contributed by atoms with van der Waals surface area (Å²) in [5, 5.41) is 0. The van der Waals surface area contributed by atoms with Crippen LogP contribution in [0.4, 0.5) is 5.69 Å². The molecule has 0 saturated carbocycles. The second-order valence-corrected chi connectivity index (χ2v) is 3.21. The zero-order chi connectivity index (χ0) is 11.3. The predicted octanol–water partition coefficient (Wildman–Crippen LogP) is 2.23. The number of carbonyl (C=O) groups excluding carboxylic acids is 1. The SMILES string of the molecule is C#CCN(C(=O)C(=C)C)c1ccccc1. The van der Waals surface area contributed by atoms with Crippen molar-refractivity contribution in [3.05, 3.63) is 42.5 Å². The first-order valence-electron chi connectivity index (χ1n) is 4.62. The van der Waals surface area contributed by atoms with Crippen molar-refractivity contribution >= 4 is 11.6 Å². The zero-order valence-electron chi connectivity index (χ0n) is 8.73. The average Bonchev–Trinajstić information content (AvgIpc) is 2.26. The van der Waals surface area contributed by atoms with E-state index in [1.165, 1.54) is 4.90 Å². The fourth-order valence-electron chi connectivity index (χ4n) is 1.21. The van der Waals surface area contributed by atoms with Crippen molar-refractivity contribution < 1.29 is 4.79 Å². The van der Waals surface area contributed by atoms with E-state index in [1.807, 2.05) is 30.3 Å². The van der Waals surface area contributed by atoms with Gasteiger partial charge >= 0.3 is 0 Å². The highest BCUT2D eigenvalue weighted by Crippen LogP contribution is 2.14. The molecule has 1 aromatic rings. The van der Waals surface area contributed by atoms with Gasteiger partial charge in [0.2, 0.25) is 0 Å². The zero-order valence-corrected chi connectivity index (χ0v) is 8.73. The molecule has 0 heterocycles. The maximum atomic E-state index is 11.8. The molecule has 0 radical (unpaired) electrons. The lowest BCUT2D eigenvalue weighted by molar-refractivity contribution is -0.114. The first-order chi connectivity index (χ1) is 7.16. The van der Waals surface area contributed by atoms with Crippen molar-refractivity contribution in [1.29, 1.82) is 0 Å². The van der Waals surface area contributed by atoms with Crippen LogP contribution in [0, 0.1) is 12.3 Å². The molecule has 0 spiro atoms. The summed E-state index contributed by atoms with van der Waals surface area (Å²) >= 11 is 0. The molecule has 0 aliphatic heterocycles. The summed E-state index contributed by atoms with van der Waals surface area (Å²) in [6.45, 7) is 5.56. The monoisotopic (exact) mass is 199 g/mol. The molecule has 0 aromatic heterocycles. The lowest BCUT2D eigenvalue weighted by Crippen LogP contribution is -2.31. The molecule has 1 amide bonds. The predicted molar refractivity (Wildman–Crippen MR) is 62.4 cm³/mol. The van der Waals surface area contributed by atoms with Gasteiger partial charge in [-0.3, -0.25) is 9.69 Å².